The summed E-state index contributed by atoms with van der Waals surface area (Å²) in [6, 6.07) is 12.9. The van der Waals surface area contributed by atoms with Crippen molar-refractivity contribution in [1.29, 1.82) is 0 Å². The van der Waals surface area contributed by atoms with Crippen LogP contribution in [-0.4, -0.2) is 10.9 Å². The minimum absolute atomic E-state index is 0.169. The van der Waals surface area contributed by atoms with E-state index in [0.717, 1.165) is 16.5 Å². The van der Waals surface area contributed by atoms with Crippen LogP contribution in [0.4, 0.5) is 0 Å². The maximum absolute atomic E-state index is 13.1. The van der Waals surface area contributed by atoms with Crippen molar-refractivity contribution in [1.82, 2.24) is 0 Å². The molecule has 0 atom stereocenters. The Bertz CT molecular complexity index is 911. The average molecular weight is 350 g/mol. The van der Waals surface area contributed by atoms with Gasteiger partial charge in [0.1, 0.15) is 11.3 Å². The van der Waals surface area contributed by atoms with Crippen LogP contribution in [0.5, 0.6) is 5.75 Å². The van der Waals surface area contributed by atoms with Crippen LogP contribution in [0.2, 0.25) is 0 Å². The van der Waals surface area contributed by atoms with E-state index in [1.54, 1.807) is 18.2 Å². The van der Waals surface area contributed by atoms with E-state index in [2.05, 4.69) is 0 Å². The SMILES string of the molecule is CC(C)(C)c1cc(C(=O)c2cc3ccccc3o2)cc(C(C)(C)C)c1O. The fraction of sp³-hybridized carbons (Fsp3) is 0.348. The van der Waals surface area contributed by atoms with E-state index >= 15 is 0 Å². The number of ketones is 1. The highest BCUT2D eigenvalue weighted by Gasteiger charge is 2.28. The lowest BCUT2D eigenvalue weighted by atomic mass is 9.78. The molecule has 1 heterocycles. The summed E-state index contributed by atoms with van der Waals surface area (Å²) in [4.78, 5) is 13.1. The number of carbonyl (C=O) groups is 1. The number of fused-ring (bicyclic) bond motifs is 1. The zero-order chi connectivity index (χ0) is 19.3. The standard InChI is InChI=1S/C23H26O3/c1-22(2,3)16-11-15(12-17(21(16)25)23(4,5)6)20(24)19-13-14-9-7-8-10-18(14)26-19/h7-13,25H,1-6H3. The molecule has 3 aromatic rings. The molecular weight excluding hydrogens is 324 g/mol. The molecule has 0 unspecified atom stereocenters. The Kier molecular flexibility index (Phi) is 4.22. The maximum atomic E-state index is 13.1. The van der Waals surface area contributed by atoms with Gasteiger partial charge in [0.25, 0.3) is 0 Å². The van der Waals surface area contributed by atoms with Gasteiger partial charge in [0.2, 0.25) is 5.78 Å². The van der Waals surface area contributed by atoms with Crippen LogP contribution in [0, 0.1) is 0 Å². The van der Waals surface area contributed by atoms with Crippen molar-refractivity contribution in [2.24, 2.45) is 0 Å². The summed E-state index contributed by atoms with van der Waals surface area (Å²) < 4.78 is 5.75. The van der Waals surface area contributed by atoms with Crippen LogP contribution in [0.1, 0.15) is 68.8 Å². The zero-order valence-corrected chi connectivity index (χ0v) is 16.3. The molecule has 0 saturated carbocycles. The van der Waals surface area contributed by atoms with Crippen molar-refractivity contribution in [2.75, 3.05) is 0 Å². The first kappa shape index (κ1) is 18.2. The topological polar surface area (TPSA) is 50.4 Å². The molecule has 1 aromatic heterocycles. The van der Waals surface area contributed by atoms with E-state index in [9.17, 15) is 9.90 Å². The fourth-order valence-electron chi connectivity index (χ4n) is 3.15. The molecule has 0 bridgehead atoms. The van der Waals surface area contributed by atoms with Gasteiger partial charge >= 0.3 is 0 Å². The third-order valence-electron chi connectivity index (χ3n) is 4.64. The Balaban J connectivity index is 2.18. The number of phenolic OH excluding ortho intramolecular Hbond substituents is 1. The maximum Gasteiger partial charge on any atom is 0.228 e. The van der Waals surface area contributed by atoms with Crippen molar-refractivity contribution in [3.8, 4) is 5.75 Å². The zero-order valence-electron chi connectivity index (χ0n) is 16.3. The molecule has 3 nitrogen and oxygen atoms in total. The molecule has 3 rings (SSSR count). The van der Waals surface area contributed by atoms with Gasteiger partial charge in [0.05, 0.1) is 0 Å². The highest BCUT2D eigenvalue weighted by atomic mass is 16.3. The van der Waals surface area contributed by atoms with E-state index < -0.39 is 0 Å². The first-order valence-corrected chi connectivity index (χ1v) is 8.90. The van der Waals surface area contributed by atoms with Crippen LogP contribution >= 0.6 is 0 Å². The number of para-hydroxylation sites is 1. The van der Waals surface area contributed by atoms with Gasteiger partial charge in [-0.05, 0) is 35.1 Å². The number of rotatable bonds is 2. The molecule has 0 fully saturated rings. The van der Waals surface area contributed by atoms with Crippen molar-refractivity contribution in [2.45, 2.75) is 52.4 Å². The highest BCUT2D eigenvalue weighted by Crippen LogP contribution is 2.40. The Morgan fingerprint density at radius 3 is 1.92 bits per heavy atom. The van der Waals surface area contributed by atoms with Crippen LogP contribution in [0.15, 0.2) is 46.9 Å². The van der Waals surface area contributed by atoms with Crippen molar-refractivity contribution >= 4 is 16.8 Å². The Morgan fingerprint density at radius 1 is 0.885 bits per heavy atom. The third kappa shape index (κ3) is 3.26. The molecule has 3 heteroatoms. The van der Waals surface area contributed by atoms with Gasteiger partial charge in [-0.25, -0.2) is 0 Å². The number of hydrogen-bond donors (Lipinski definition) is 1. The summed E-state index contributed by atoms with van der Waals surface area (Å²) in [5.74, 6) is 0.417. The van der Waals surface area contributed by atoms with Gasteiger partial charge in [-0.1, -0.05) is 59.7 Å². The van der Waals surface area contributed by atoms with Gasteiger partial charge in [-0.15, -0.1) is 0 Å². The lowest BCUT2D eigenvalue weighted by Crippen LogP contribution is -2.19. The second kappa shape index (κ2) is 6.01. The first-order valence-electron chi connectivity index (χ1n) is 8.90. The van der Waals surface area contributed by atoms with Crippen molar-refractivity contribution in [3.63, 3.8) is 0 Å². The molecule has 26 heavy (non-hydrogen) atoms. The number of furan rings is 1. The summed E-state index contributed by atoms with van der Waals surface area (Å²) in [6.07, 6.45) is 0. The van der Waals surface area contributed by atoms with Gasteiger partial charge in [-0.3, -0.25) is 4.79 Å². The van der Waals surface area contributed by atoms with Crippen LogP contribution in [-0.2, 0) is 10.8 Å². The molecular formula is C23H26O3. The van der Waals surface area contributed by atoms with Crippen molar-refractivity contribution < 1.29 is 14.3 Å². The molecule has 1 N–H and O–H groups in total. The Labute approximate surface area is 154 Å². The summed E-state index contributed by atoms with van der Waals surface area (Å²) >= 11 is 0. The smallest absolute Gasteiger partial charge is 0.228 e. The number of hydrogen-bond acceptors (Lipinski definition) is 3. The number of benzene rings is 2. The average Bonchev–Trinajstić information content (AvgIpc) is 2.96. The van der Waals surface area contributed by atoms with E-state index in [0.29, 0.717) is 16.9 Å². The molecule has 0 spiro atoms. The van der Waals surface area contributed by atoms with E-state index in [1.807, 2.05) is 65.8 Å². The Morgan fingerprint density at radius 2 is 1.42 bits per heavy atom. The summed E-state index contributed by atoms with van der Waals surface area (Å²) in [5.41, 5.74) is 2.20. The second-order valence-corrected chi connectivity index (χ2v) is 8.90. The van der Waals surface area contributed by atoms with Gasteiger partial charge in [0, 0.05) is 22.1 Å². The predicted molar refractivity (Wildman–Crippen MR) is 105 cm³/mol. The lowest BCUT2D eigenvalue weighted by molar-refractivity contribution is 0.101. The van der Waals surface area contributed by atoms with Gasteiger partial charge < -0.3 is 9.52 Å². The molecule has 0 saturated heterocycles. The molecule has 0 amide bonds. The van der Waals surface area contributed by atoms with Gasteiger partial charge in [0.15, 0.2) is 5.76 Å². The second-order valence-electron chi connectivity index (χ2n) is 8.90. The van der Waals surface area contributed by atoms with Crippen LogP contribution in [0.3, 0.4) is 0 Å². The molecule has 0 aliphatic heterocycles. The quantitative estimate of drug-likeness (QED) is 0.580. The van der Waals surface area contributed by atoms with E-state index in [1.165, 1.54) is 0 Å². The summed E-state index contributed by atoms with van der Waals surface area (Å²) in [5, 5.41) is 11.7. The molecule has 0 aliphatic carbocycles. The largest absolute Gasteiger partial charge is 0.507 e. The van der Waals surface area contributed by atoms with Crippen LogP contribution < -0.4 is 0 Å². The minimum Gasteiger partial charge on any atom is -0.507 e. The Hall–Kier alpha value is -2.55. The van der Waals surface area contributed by atoms with Crippen LogP contribution in [0.25, 0.3) is 11.0 Å². The molecule has 0 aliphatic rings. The highest BCUT2D eigenvalue weighted by molar-refractivity contribution is 6.09. The number of carbonyl (C=O) groups excluding carboxylic acids is 1. The minimum atomic E-state index is -0.283. The molecule has 2 aromatic carbocycles. The first-order chi connectivity index (χ1) is 12.0. The molecule has 136 valence electrons. The lowest BCUT2D eigenvalue weighted by Gasteiger charge is -2.28. The normalized spacial score (nSPS) is 12.5. The summed E-state index contributed by atoms with van der Waals surface area (Å²) in [6.45, 7) is 12.2. The fourth-order valence-corrected chi connectivity index (χ4v) is 3.15. The van der Waals surface area contributed by atoms with Crippen molar-refractivity contribution in [3.05, 3.63) is 64.9 Å². The molecule has 0 radical (unpaired) electrons. The van der Waals surface area contributed by atoms with E-state index in [4.69, 9.17) is 4.42 Å². The predicted octanol–water partition coefficient (Wildman–Crippen LogP) is 5.96. The number of aromatic hydroxyl groups is 1. The summed E-state index contributed by atoms with van der Waals surface area (Å²) in [7, 11) is 0. The van der Waals surface area contributed by atoms with E-state index in [-0.39, 0.29) is 22.4 Å². The third-order valence-corrected chi connectivity index (χ3v) is 4.64. The number of phenols is 1. The monoisotopic (exact) mass is 350 g/mol. The van der Waals surface area contributed by atoms with Gasteiger partial charge in [-0.2, -0.15) is 0 Å².